The molecule has 1 unspecified atom stereocenters. The number of hydrogen-bond donors (Lipinski definition) is 0. The van der Waals surface area contributed by atoms with Gasteiger partial charge in [0.1, 0.15) is 18.5 Å². The van der Waals surface area contributed by atoms with E-state index < -0.39 is 0 Å². The van der Waals surface area contributed by atoms with E-state index in [9.17, 15) is 0 Å². The van der Waals surface area contributed by atoms with Crippen LogP contribution in [0.3, 0.4) is 0 Å². The molecular weight excluding hydrogens is 307 g/mol. The Morgan fingerprint density at radius 2 is 2.00 bits per heavy atom. The minimum atomic E-state index is -0.0443. The summed E-state index contributed by atoms with van der Waals surface area (Å²) in [6, 6.07) is 13.9. The minimum Gasteiger partial charge on any atom is -0.490 e. The minimum absolute atomic E-state index is 0.0443. The van der Waals surface area contributed by atoms with E-state index in [2.05, 4.69) is 18.2 Å². The molecule has 3 rings (SSSR count). The molecule has 1 atom stereocenters. The maximum Gasteiger partial charge on any atom is 0.125 e. The Morgan fingerprint density at radius 3 is 2.86 bits per heavy atom. The Kier molecular flexibility index (Phi) is 4.69. The molecule has 0 bridgehead atoms. The summed E-state index contributed by atoms with van der Waals surface area (Å²) in [4.78, 5) is 0. The maximum atomic E-state index is 6.14. The highest BCUT2D eigenvalue weighted by Gasteiger charge is 2.21. The number of halogens is 2. The van der Waals surface area contributed by atoms with Gasteiger partial charge in [-0.15, -0.1) is 11.6 Å². The summed E-state index contributed by atoms with van der Waals surface area (Å²) in [7, 11) is 0. The van der Waals surface area contributed by atoms with Crippen LogP contribution in [0, 0.1) is 0 Å². The van der Waals surface area contributed by atoms with E-state index in [1.165, 1.54) is 11.1 Å². The molecular formula is C17H16Cl2O2. The summed E-state index contributed by atoms with van der Waals surface area (Å²) in [5, 5.41) is 0.632. The summed E-state index contributed by atoms with van der Waals surface area (Å²) in [6.07, 6.45) is 0.911. The molecule has 0 saturated carbocycles. The molecule has 1 aliphatic rings. The maximum absolute atomic E-state index is 6.14. The molecule has 0 saturated heterocycles. The number of ether oxygens (including phenoxy) is 2. The number of rotatable bonds is 4. The lowest BCUT2D eigenvalue weighted by atomic mass is 9.98. The van der Waals surface area contributed by atoms with Crippen molar-refractivity contribution in [1.29, 1.82) is 0 Å². The number of benzene rings is 2. The van der Waals surface area contributed by atoms with Gasteiger partial charge in [0.05, 0.1) is 12.5 Å². The molecule has 0 amide bonds. The zero-order chi connectivity index (χ0) is 14.7. The third-order valence-corrected chi connectivity index (χ3v) is 4.31. The first-order chi connectivity index (χ1) is 10.3. The Hall–Kier alpha value is -1.22. The van der Waals surface area contributed by atoms with E-state index in [-0.39, 0.29) is 6.10 Å². The third-order valence-electron chi connectivity index (χ3n) is 3.69. The van der Waals surface area contributed by atoms with Crippen LogP contribution in [0.1, 0.15) is 22.8 Å². The van der Waals surface area contributed by atoms with Gasteiger partial charge in [-0.3, -0.25) is 0 Å². The zero-order valence-electron chi connectivity index (χ0n) is 11.5. The lowest BCUT2D eigenvalue weighted by Gasteiger charge is -2.26. The van der Waals surface area contributed by atoms with Gasteiger partial charge in [-0.05, 0) is 29.7 Å². The lowest BCUT2D eigenvalue weighted by Crippen LogP contribution is -2.21. The van der Waals surface area contributed by atoms with Gasteiger partial charge in [-0.1, -0.05) is 41.9 Å². The summed E-state index contributed by atoms with van der Waals surface area (Å²) >= 11 is 12.1. The predicted molar refractivity (Wildman–Crippen MR) is 85.3 cm³/mol. The molecule has 1 aliphatic heterocycles. The van der Waals surface area contributed by atoms with E-state index in [1.807, 2.05) is 24.3 Å². The lowest BCUT2D eigenvalue weighted by molar-refractivity contribution is 0.0100. The molecule has 4 heteroatoms. The number of hydrogen-bond acceptors (Lipinski definition) is 2. The van der Waals surface area contributed by atoms with Crippen molar-refractivity contribution in [3.8, 4) is 5.75 Å². The summed E-state index contributed by atoms with van der Waals surface area (Å²) in [5.74, 6) is 1.06. The summed E-state index contributed by atoms with van der Waals surface area (Å²) in [6.45, 7) is 1.18. The fourth-order valence-corrected chi connectivity index (χ4v) is 3.16. The molecule has 2 aromatic carbocycles. The average molecular weight is 323 g/mol. The molecule has 0 aromatic heterocycles. The standard InChI is InChI=1S/C17H16Cl2O2/c18-10-14-15(19)6-3-7-16(14)21-11-17-13-5-2-1-4-12(13)8-9-20-17/h1-7,17H,8-11H2. The second-order valence-electron chi connectivity index (χ2n) is 4.97. The molecule has 0 aliphatic carbocycles. The van der Waals surface area contributed by atoms with Crippen LogP contribution in [0.4, 0.5) is 0 Å². The van der Waals surface area contributed by atoms with Crippen molar-refractivity contribution < 1.29 is 9.47 Å². The summed E-state index contributed by atoms with van der Waals surface area (Å²) < 4.78 is 11.8. The van der Waals surface area contributed by atoms with E-state index in [0.29, 0.717) is 17.5 Å². The highest BCUT2D eigenvalue weighted by Crippen LogP contribution is 2.31. The fraction of sp³-hybridized carbons (Fsp3) is 0.294. The topological polar surface area (TPSA) is 18.5 Å². The monoisotopic (exact) mass is 322 g/mol. The summed E-state index contributed by atoms with van der Waals surface area (Å²) in [5.41, 5.74) is 3.36. The first-order valence-corrected chi connectivity index (χ1v) is 7.86. The van der Waals surface area contributed by atoms with Crippen LogP contribution >= 0.6 is 23.2 Å². The van der Waals surface area contributed by atoms with Crippen LogP contribution < -0.4 is 4.74 Å². The Labute approximate surface area is 134 Å². The smallest absolute Gasteiger partial charge is 0.125 e. The van der Waals surface area contributed by atoms with Crippen LogP contribution in [0.5, 0.6) is 5.75 Å². The van der Waals surface area contributed by atoms with Crippen LogP contribution in [0.25, 0.3) is 0 Å². The Bertz CT molecular complexity index is 628. The van der Waals surface area contributed by atoms with Crippen LogP contribution in [0.2, 0.25) is 5.02 Å². The van der Waals surface area contributed by atoms with Crippen LogP contribution in [-0.2, 0) is 17.0 Å². The van der Waals surface area contributed by atoms with Crippen molar-refractivity contribution in [2.75, 3.05) is 13.2 Å². The molecule has 1 heterocycles. The third kappa shape index (κ3) is 3.18. The van der Waals surface area contributed by atoms with Gasteiger partial charge in [0.2, 0.25) is 0 Å². The first-order valence-electron chi connectivity index (χ1n) is 6.95. The van der Waals surface area contributed by atoms with Crippen molar-refractivity contribution in [3.63, 3.8) is 0 Å². The Morgan fingerprint density at radius 1 is 1.14 bits per heavy atom. The predicted octanol–water partition coefficient (Wildman–Crippen LogP) is 4.77. The number of fused-ring (bicyclic) bond motifs is 1. The second-order valence-corrected chi connectivity index (χ2v) is 5.64. The quantitative estimate of drug-likeness (QED) is 0.755. The molecule has 110 valence electrons. The van der Waals surface area contributed by atoms with Crippen molar-refractivity contribution in [2.24, 2.45) is 0 Å². The van der Waals surface area contributed by atoms with E-state index >= 15 is 0 Å². The van der Waals surface area contributed by atoms with Gasteiger partial charge in [-0.2, -0.15) is 0 Å². The number of alkyl halides is 1. The van der Waals surface area contributed by atoms with Crippen molar-refractivity contribution in [1.82, 2.24) is 0 Å². The van der Waals surface area contributed by atoms with E-state index in [4.69, 9.17) is 32.7 Å². The highest BCUT2D eigenvalue weighted by atomic mass is 35.5. The average Bonchev–Trinajstić information content (AvgIpc) is 2.53. The van der Waals surface area contributed by atoms with E-state index in [1.54, 1.807) is 0 Å². The Balaban J connectivity index is 1.76. The zero-order valence-corrected chi connectivity index (χ0v) is 13.0. The van der Waals surface area contributed by atoms with Crippen molar-refractivity contribution in [3.05, 3.63) is 64.2 Å². The first kappa shape index (κ1) is 14.7. The van der Waals surface area contributed by atoms with Crippen LogP contribution in [-0.4, -0.2) is 13.2 Å². The molecule has 0 N–H and O–H groups in total. The SMILES string of the molecule is ClCc1c(Cl)cccc1OCC1OCCc2ccccc21. The molecule has 21 heavy (non-hydrogen) atoms. The van der Waals surface area contributed by atoms with Gasteiger partial charge in [0, 0.05) is 10.6 Å². The molecule has 0 radical (unpaired) electrons. The molecule has 0 fully saturated rings. The molecule has 2 nitrogen and oxygen atoms in total. The van der Waals surface area contributed by atoms with Crippen molar-refractivity contribution in [2.45, 2.75) is 18.4 Å². The van der Waals surface area contributed by atoms with Gasteiger partial charge in [-0.25, -0.2) is 0 Å². The van der Waals surface area contributed by atoms with Crippen LogP contribution in [0.15, 0.2) is 42.5 Å². The van der Waals surface area contributed by atoms with Crippen molar-refractivity contribution >= 4 is 23.2 Å². The largest absolute Gasteiger partial charge is 0.490 e. The van der Waals surface area contributed by atoms with Gasteiger partial charge in [0.15, 0.2) is 0 Å². The van der Waals surface area contributed by atoms with E-state index in [0.717, 1.165) is 24.3 Å². The normalized spacial score (nSPS) is 17.3. The van der Waals surface area contributed by atoms with Gasteiger partial charge in [0.25, 0.3) is 0 Å². The highest BCUT2D eigenvalue weighted by molar-refractivity contribution is 6.32. The molecule has 0 spiro atoms. The molecule has 2 aromatic rings. The van der Waals surface area contributed by atoms with Gasteiger partial charge < -0.3 is 9.47 Å². The fourth-order valence-electron chi connectivity index (χ4n) is 2.58. The second kappa shape index (κ2) is 6.69. The van der Waals surface area contributed by atoms with Gasteiger partial charge >= 0.3 is 0 Å².